The van der Waals surface area contributed by atoms with Gasteiger partial charge in [0.05, 0.1) is 0 Å². The maximum Gasteiger partial charge on any atom is 0.363 e. The average Bonchev–Trinajstić information content (AvgIpc) is 2.81. The van der Waals surface area contributed by atoms with E-state index < -0.39 is 11.8 Å². The van der Waals surface area contributed by atoms with Crippen LogP contribution in [-0.2, 0) is 9.53 Å². The Morgan fingerprint density at radius 1 is 1.20 bits per heavy atom. The number of hydrogen-bond acceptors (Lipinski definition) is 4. The third-order valence-corrected chi connectivity index (χ3v) is 2.68. The van der Waals surface area contributed by atoms with Crippen molar-refractivity contribution in [1.29, 1.82) is 0 Å². The molecule has 5 heteroatoms. The Morgan fingerprint density at radius 3 is 2.85 bits per heavy atom. The van der Waals surface area contributed by atoms with Gasteiger partial charge in [0.15, 0.2) is 5.70 Å². The molecule has 0 saturated heterocycles. The summed E-state index contributed by atoms with van der Waals surface area (Å²) < 4.78 is 18.2. The van der Waals surface area contributed by atoms with Gasteiger partial charge in [-0.1, -0.05) is 12.1 Å². The molecule has 2 aromatic rings. The lowest BCUT2D eigenvalue weighted by molar-refractivity contribution is -0.129. The summed E-state index contributed by atoms with van der Waals surface area (Å²) >= 11 is 0. The minimum atomic E-state index is -0.562. The summed E-state index contributed by atoms with van der Waals surface area (Å²) in [6.07, 6.45) is 4.81. The molecule has 0 aliphatic carbocycles. The van der Waals surface area contributed by atoms with Gasteiger partial charge in [0.2, 0.25) is 5.90 Å². The SMILES string of the molecule is O=C1OC(c2cccc(F)c2)=N/C1=C\c1cccnc1. The number of aromatic nitrogens is 1. The van der Waals surface area contributed by atoms with Crippen LogP contribution in [0.25, 0.3) is 6.08 Å². The molecule has 98 valence electrons. The molecule has 0 unspecified atom stereocenters. The van der Waals surface area contributed by atoms with E-state index in [1.165, 1.54) is 18.2 Å². The molecule has 0 N–H and O–H groups in total. The van der Waals surface area contributed by atoms with Crippen LogP contribution in [0.3, 0.4) is 0 Å². The Labute approximate surface area is 114 Å². The van der Waals surface area contributed by atoms with Crippen LogP contribution in [0, 0.1) is 5.82 Å². The number of carbonyl (C=O) groups is 1. The molecule has 3 rings (SSSR count). The molecule has 0 atom stereocenters. The van der Waals surface area contributed by atoms with Gasteiger partial charge in [0.1, 0.15) is 5.82 Å². The van der Waals surface area contributed by atoms with Crippen LogP contribution in [0.5, 0.6) is 0 Å². The number of carbonyl (C=O) groups excluding carboxylic acids is 1. The van der Waals surface area contributed by atoms with Gasteiger partial charge in [-0.3, -0.25) is 4.98 Å². The number of hydrogen-bond donors (Lipinski definition) is 0. The first kappa shape index (κ1) is 12.2. The number of benzene rings is 1. The summed E-state index contributed by atoms with van der Waals surface area (Å²) in [6, 6.07) is 9.28. The highest BCUT2D eigenvalue weighted by Gasteiger charge is 2.24. The largest absolute Gasteiger partial charge is 0.402 e. The van der Waals surface area contributed by atoms with E-state index in [9.17, 15) is 9.18 Å². The Balaban J connectivity index is 1.95. The van der Waals surface area contributed by atoms with E-state index in [0.29, 0.717) is 5.56 Å². The van der Waals surface area contributed by atoms with Crippen molar-refractivity contribution < 1.29 is 13.9 Å². The van der Waals surface area contributed by atoms with Crippen LogP contribution >= 0.6 is 0 Å². The summed E-state index contributed by atoms with van der Waals surface area (Å²) in [5.41, 5.74) is 1.33. The second-order valence-electron chi connectivity index (χ2n) is 4.13. The molecule has 0 bridgehead atoms. The lowest BCUT2D eigenvalue weighted by Gasteiger charge is -1.98. The van der Waals surface area contributed by atoms with Crippen LogP contribution in [-0.4, -0.2) is 16.9 Å². The average molecular weight is 268 g/mol. The number of rotatable bonds is 2. The van der Waals surface area contributed by atoms with E-state index in [1.54, 1.807) is 36.7 Å². The van der Waals surface area contributed by atoms with Crippen molar-refractivity contribution in [3.63, 3.8) is 0 Å². The fraction of sp³-hybridized carbons (Fsp3) is 0. The van der Waals surface area contributed by atoms with E-state index in [4.69, 9.17) is 4.74 Å². The predicted molar refractivity (Wildman–Crippen MR) is 71.2 cm³/mol. The van der Waals surface area contributed by atoms with Gasteiger partial charge in [-0.25, -0.2) is 14.2 Å². The van der Waals surface area contributed by atoms with Crippen molar-refractivity contribution in [3.05, 3.63) is 71.4 Å². The third kappa shape index (κ3) is 2.47. The zero-order chi connectivity index (χ0) is 13.9. The van der Waals surface area contributed by atoms with E-state index >= 15 is 0 Å². The standard InChI is InChI=1S/C15H9FN2O2/c16-12-5-1-4-11(8-12)14-18-13(15(19)20-14)7-10-3-2-6-17-9-10/h1-9H/b13-7-. The van der Waals surface area contributed by atoms with Crippen LogP contribution in [0.1, 0.15) is 11.1 Å². The van der Waals surface area contributed by atoms with Gasteiger partial charge in [-0.05, 0) is 35.9 Å². The van der Waals surface area contributed by atoms with Crippen LogP contribution < -0.4 is 0 Å². The summed E-state index contributed by atoms with van der Waals surface area (Å²) in [5.74, 6) is -0.872. The highest BCUT2D eigenvalue weighted by Crippen LogP contribution is 2.19. The van der Waals surface area contributed by atoms with Crippen molar-refractivity contribution in [2.24, 2.45) is 4.99 Å². The third-order valence-electron chi connectivity index (χ3n) is 2.68. The monoisotopic (exact) mass is 268 g/mol. The summed E-state index contributed by atoms with van der Waals surface area (Å²) in [5, 5.41) is 0. The Bertz CT molecular complexity index is 724. The molecule has 0 amide bonds. The lowest BCUT2D eigenvalue weighted by atomic mass is 10.2. The summed E-state index contributed by atoms with van der Waals surface area (Å²) in [6.45, 7) is 0. The molecule has 0 fully saturated rings. The van der Waals surface area contributed by atoms with Crippen molar-refractivity contribution in [1.82, 2.24) is 4.98 Å². The number of esters is 1. The number of nitrogens with zero attached hydrogens (tertiary/aromatic N) is 2. The maximum absolute atomic E-state index is 13.1. The molecule has 1 aliphatic heterocycles. The summed E-state index contributed by atoms with van der Waals surface area (Å²) in [4.78, 5) is 19.8. The first-order chi connectivity index (χ1) is 9.72. The molecule has 1 aromatic heterocycles. The lowest BCUT2D eigenvalue weighted by Crippen LogP contribution is -2.05. The molecule has 20 heavy (non-hydrogen) atoms. The molecule has 1 aromatic carbocycles. The van der Waals surface area contributed by atoms with Crippen LogP contribution in [0.2, 0.25) is 0 Å². The minimum Gasteiger partial charge on any atom is -0.402 e. The van der Waals surface area contributed by atoms with Crippen molar-refractivity contribution in [2.75, 3.05) is 0 Å². The highest BCUT2D eigenvalue weighted by atomic mass is 19.1. The van der Waals surface area contributed by atoms with Crippen LogP contribution in [0.15, 0.2) is 59.5 Å². The molecule has 0 saturated carbocycles. The van der Waals surface area contributed by atoms with Gasteiger partial charge < -0.3 is 4.74 Å². The van der Waals surface area contributed by atoms with Crippen LogP contribution in [0.4, 0.5) is 4.39 Å². The molecule has 2 heterocycles. The quantitative estimate of drug-likeness (QED) is 0.621. The number of ether oxygens (including phenoxy) is 1. The first-order valence-corrected chi connectivity index (χ1v) is 5.91. The zero-order valence-corrected chi connectivity index (χ0v) is 10.3. The molecule has 0 spiro atoms. The first-order valence-electron chi connectivity index (χ1n) is 5.91. The normalized spacial score (nSPS) is 16.1. The number of aliphatic imine (C=N–C) groups is 1. The van der Waals surface area contributed by atoms with Crippen molar-refractivity contribution in [3.8, 4) is 0 Å². The number of pyridine rings is 1. The van der Waals surface area contributed by atoms with Crippen molar-refractivity contribution >= 4 is 17.9 Å². The number of halogens is 1. The molecule has 1 aliphatic rings. The molecular weight excluding hydrogens is 259 g/mol. The van der Waals surface area contributed by atoms with E-state index in [0.717, 1.165) is 5.56 Å². The summed E-state index contributed by atoms with van der Waals surface area (Å²) in [7, 11) is 0. The van der Waals surface area contributed by atoms with Crippen molar-refractivity contribution in [2.45, 2.75) is 0 Å². The predicted octanol–water partition coefficient (Wildman–Crippen LogP) is 2.57. The topological polar surface area (TPSA) is 51.5 Å². The van der Waals surface area contributed by atoms with Gasteiger partial charge >= 0.3 is 5.97 Å². The fourth-order valence-electron chi connectivity index (χ4n) is 1.77. The smallest absolute Gasteiger partial charge is 0.363 e. The van der Waals surface area contributed by atoms with E-state index in [1.807, 2.05) is 0 Å². The van der Waals surface area contributed by atoms with E-state index in [2.05, 4.69) is 9.98 Å². The second kappa shape index (κ2) is 5.05. The minimum absolute atomic E-state index is 0.102. The Hall–Kier alpha value is -2.82. The Kier molecular flexibility index (Phi) is 3.09. The molecular formula is C15H9FN2O2. The number of cyclic esters (lactones) is 1. The van der Waals surface area contributed by atoms with Gasteiger partial charge in [0.25, 0.3) is 0 Å². The maximum atomic E-state index is 13.1. The van der Waals surface area contributed by atoms with Gasteiger partial charge in [-0.15, -0.1) is 0 Å². The Morgan fingerprint density at radius 2 is 2.10 bits per heavy atom. The second-order valence-corrected chi connectivity index (χ2v) is 4.13. The molecule has 0 radical (unpaired) electrons. The fourth-order valence-corrected chi connectivity index (χ4v) is 1.77. The highest BCUT2D eigenvalue weighted by molar-refractivity contribution is 6.12. The zero-order valence-electron chi connectivity index (χ0n) is 10.3. The van der Waals surface area contributed by atoms with Gasteiger partial charge in [-0.2, -0.15) is 0 Å². The van der Waals surface area contributed by atoms with E-state index in [-0.39, 0.29) is 11.6 Å². The van der Waals surface area contributed by atoms with Gasteiger partial charge in [0, 0.05) is 18.0 Å². The molecule has 4 nitrogen and oxygen atoms in total.